The Labute approximate surface area is 139 Å². The third-order valence-electron chi connectivity index (χ3n) is 3.55. The molecule has 0 saturated heterocycles. The third kappa shape index (κ3) is 3.35. The molecule has 0 unspecified atom stereocenters. The summed E-state index contributed by atoms with van der Waals surface area (Å²) in [6, 6.07) is 16.4. The fraction of sp³-hybridized carbons (Fsp3) is 0.158. The molecule has 0 radical (unpaired) electrons. The maximum atomic E-state index is 13.5. The number of benzene rings is 2. The fourth-order valence-electron chi connectivity index (χ4n) is 2.26. The number of aromatic nitrogens is 2. The van der Waals surface area contributed by atoms with Crippen molar-refractivity contribution in [3.8, 4) is 11.6 Å². The number of carbonyl (C=O) groups excluding carboxylic acids is 1. The monoisotopic (exact) mass is 324 g/mol. The molecule has 2 aromatic carbocycles. The molecule has 4 nitrogen and oxygen atoms in total. The Balaban J connectivity index is 1.99. The van der Waals surface area contributed by atoms with E-state index in [2.05, 4.69) is 5.10 Å². The predicted molar refractivity (Wildman–Crippen MR) is 89.0 cm³/mol. The van der Waals surface area contributed by atoms with E-state index in [9.17, 15) is 9.18 Å². The van der Waals surface area contributed by atoms with Gasteiger partial charge >= 0.3 is 5.97 Å². The van der Waals surface area contributed by atoms with E-state index in [0.29, 0.717) is 11.3 Å². The summed E-state index contributed by atoms with van der Waals surface area (Å²) < 4.78 is 20.5. The van der Waals surface area contributed by atoms with E-state index in [-0.39, 0.29) is 17.6 Å². The molecule has 0 aliphatic carbocycles. The van der Waals surface area contributed by atoms with Crippen LogP contribution in [0.15, 0.2) is 60.7 Å². The van der Waals surface area contributed by atoms with Crippen LogP contribution in [0, 0.1) is 5.82 Å². The average molecular weight is 324 g/mol. The number of ether oxygens (including phenoxy) is 1. The summed E-state index contributed by atoms with van der Waals surface area (Å²) in [5, 5.41) is 4.44. The molecule has 0 amide bonds. The van der Waals surface area contributed by atoms with Crippen LogP contribution in [0.3, 0.4) is 0 Å². The zero-order valence-corrected chi connectivity index (χ0v) is 13.4. The van der Waals surface area contributed by atoms with Crippen molar-refractivity contribution in [2.45, 2.75) is 19.8 Å². The molecule has 0 aliphatic rings. The Bertz CT molecular complexity index is 857. The van der Waals surface area contributed by atoms with Crippen LogP contribution < -0.4 is 4.74 Å². The van der Waals surface area contributed by atoms with Crippen LogP contribution >= 0.6 is 0 Å². The first kappa shape index (κ1) is 15.9. The molecule has 0 spiro atoms. The van der Waals surface area contributed by atoms with Crippen LogP contribution in [0.4, 0.5) is 4.39 Å². The molecular weight excluding hydrogens is 307 g/mol. The molecule has 1 aromatic heterocycles. The van der Waals surface area contributed by atoms with Gasteiger partial charge in [0.25, 0.3) is 0 Å². The Kier molecular flexibility index (Phi) is 4.42. The smallest absolute Gasteiger partial charge is 0.344 e. The van der Waals surface area contributed by atoms with Gasteiger partial charge in [-0.3, -0.25) is 0 Å². The zero-order valence-electron chi connectivity index (χ0n) is 13.4. The SMILES string of the molecule is CC(C)c1cc(OC(=O)c2ccccc2)n(-c2cccc(F)c2)n1. The van der Waals surface area contributed by atoms with E-state index in [1.54, 1.807) is 42.5 Å². The van der Waals surface area contributed by atoms with Gasteiger partial charge in [-0.15, -0.1) is 0 Å². The summed E-state index contributed by atoms with van der Waals surface area (Å²) in [5.41, 5.74) is 1.70. The molecule has 0 aliphatic heterocycles. The van der Waals surface area contributed by atoms with Crippen LogP contribution in [0.25, 0.3) is 5.69 Å². The maximum Gasteiger partial charge on any atom is 0.344 e. The normalized spacial score (nSPS) is 10.8. The van der Waals surface area contributed by atoms with E-state index in [1.165, 1.54) is 16.8 Å². The minimum Gasteiger partial charge on any atom is -0.404 e. The van der Waals surface area contributed by atoms with Crippen molar-refractivity contribution in [2.24, 2.45) is 0 Å². The minimum atomic E-state index is -0.483. The van der Waals surface area contributed by atoms with Gasteiger partial charge in [-0.25, -0.2) is 13.9 Å². The lowest BCUT2D eigenvalue weighted by molar-refractivity contribution is 0.0723. The summed E-state index contributed by atoms with van der Waals surface area (Å²) in [6.45, 7) is 3.97. The molecule has 0 atom stereocenters. The number of hydrogen-bond acceptors (Lipinski definition) is 3. The second kappa shape index (κ2) is 6.66. The first-order valence-electron chi connectivity index (χ1n) is 7.67. The second-order valence-corrected chi connectivity index (χ2v) is 5.71. The van der Waals surface area contributed by atoms with Gasteiger partial charge in [0.1, 0.15) is 5.82 Å². The standard InChI is InChI=1S/C19H17FN2O2/c1-13(2)17-12-18(24-19(23)14-7-4-3-5-8-14)22(21-17)16-10-6-9-15(20)11-16/h3-13H,1-2H3. The highest BCUT2D eigenvalue weighted by molar-refractivity contribution is 5.90. The third-order valence-corrected chi connectivity index (χ3v) is 3.55. The molecule has 122 valence electrons. The van der Waals surface area contributed by atoms with E-state index >= 15 is 0 Å². The Morgan fingerprint density at radius 2 is 1.83 bits per heavy atom. The highest BCUT2D eigenvalue weighted by Crippen LogP contribution is 2.25. The van der Waals surface area contributed by atoms with Crippen molar-refractivity contribution in [2.75, 3.05) is 0 Å². The molecule has 0 saturated carbocycles. The van der Waals surface area contributed by atoms with Crippen molar-refractivity contribution < 1.29 is 13.9 Å². The largest absolute Gasteiger partial charge is 0.404 e. The van der Waals surface area contributed by atoms with Crippen molar-refractivity contribution >= 4 is 5.97 Å². The van der Waals surface area contributed by atoms with Gasteiger partial charge in [0.2, 0.25) is 5.88 Å². The molecule has 24 heavy (non-hydrogen) atoms. The van der Waals surface area contributed by atoms with Gasteiger partial charge in [0.05, 0.1) is 16.9 Å². The van der Waals surface area contributed by atoms with Crippen molar-refractivity contribution in [3.63, 3.8) is 0 Å². The van der Waals surface area contributed by atoms with Crippen LogP contribution in [0.2, 0.25) is 0 Å². The van der Waals surface area contributed by atoms with Crippen LogP contribution in [0.1, 0.15) is 35.8 Å². The topological polar surface area (TPSA) is 44.1 Å². The summed E-state index contributed by atoms with van der Waals surface area (Å²) in [5.74, 6) is -0.454. The number of hydrogen-bond donors (Lipinski definition) is 0. The van der Waals surface area contributed by atoms with Crippen molar-refractivity contribution in [3.05, 3.63) is 77.7 Å². The van der Waals surface area contributed by atoms with Gasteiger partial charge in [-0.05, 0) is 36.2 Å². The quantitative estimate of drug-likeness (QED) is 0.670. The van der Waals surface area contributed by atoms with Gasteiger partial charge < -0.3 is 4.74 Å². The molecular formula is C19H17FN2O2. The summed E-state index contributed by atoms with van der Waals surface area (Å²) >= 11 is 0. The number of rotatable bonds is 4. The van der Waals surface area contributed by atoms with Crippen LogP contribution in [-0.2, 0) is 0 Å². The molecule has 0 N–H and O–H groups in total. The molecule has 3 rings (SSSR count). The second-order valence-electron chi connectivity index (χ2n) is 5.71. The predicted octanol–water partition coefficient (Wildman–Crippen LogP) is 4.35. The Morgan fingerprint density at radius 1 is 1.08 bits per heavy atom. The first-order chi connectivity index (χ1) is 11.5. The van der Waals surface area contributed by atoms with Gasteiger partial charge in [0, 0.05) is 6.07 Å². The van der Waals surface area contributed by atoms with Gasteiger partial charge in [-0.2, -0.15) is 5.10 Å². The maximum absolute atomic E-state index is 13.5. The molecule has 3 aromatic rings. The Morgan fingerprint density at radius 3 is 2.50 bits per heavy atom. The lowest BCUT2D eigenvalue weighted by Crippen LogP contribution is -2.11. The van der Waals surface area contributed by atoms with Gasteiger partial charge in [-0.1, -0.05) is 38.1 Å². The lowest BCUT2D eigenvalue weighted by Gasteiger charge is -2.08. The molecule has 0 fully saturated rings. The average Bonchev–Trinajstić information content (AvgIpc) is 3.00. The van der Waals surface area contributed by atoms with Crippen molar-refractivity contribution in [1.82, 2.24) is 9.78 Å². The van der Waals surface area contributed by atoms with E-state index < -0.39 is 5.97 Å². The first-order valence-corrected chi connectivity index (χ1v) is 7.67. The zero-order chi connectivity index (χ0) is 17.1. The van der Waals surface area contributed by atoms with E-state index in [1.807, 2.05) is 19.9 Å². The summed E-state index contributed by atoms with van der Waals surface area (Å²) in [4.78, 5) is 12.3. The van der Waals surface area contributed by atoms with Gasteiger partial charge in [0.15, 0.2) is 0 Å². The number of nitrogens with zero attached hydrogens (tertiary/aromatic N) is 2. The lowest BCUT2D eigenvalue weighted by atomic mass is 10.1. The van der Waals surface area contributed by atoms with E-state index in [0.717, 1.165) is 5.69 Å². The fourth-order valence-corrected chi connectivity index (χ4v) is 2.26. The highest BCUT2D eigenvalue weighted by atomic mass is 19.1. The van der Waals surface area contributed by atoms with Crippen molar-refractivity contribution in [1.29, 1.82) is 0 Å². The number of carbonyl (C=O) groups is 1. The molecule has 1 heterocycles. The number of halogens is 1. The highest BCUT2D eigenvalue weighted by Gasteiger charge is 2.17. The Hall–Kier alpha value is -2.95. The van der Waals surface area contributed by atoms with Crippen LogP contribution in [-0.4, -0.2) is 15.7 Å². The number of esters is 1. The van der Waals surface area contributed by atoms with Crippen LogP contribution in [0.5, 0.6) is 5.88 Å². The minimum absolute atomic E-state index is 0.147. The summed E-state index contributed by atoms with van der Waals surface area (Å²) in [7, 11) is 0. The summed E-state index contributed by atoms with van der Waals surface area (Å²) in [6.07, 6.45) is 0. The van der Waals surface area contributed by atoms with E-state index in [4.69, 9.17) is 4.74 Å². The molecule has 0 bridgehead atoms. The molecule has 5 heteroatoms.